The van der Waals surface area contributed by atoms with Crippen LogP contribution in [0.2, 0.25) is 0 Å². The van der Waals surface area contributed by atoms with Crippen LogP contribution in [0, 0.1) is 0 Å². The van der Waals surface area contributed by atoms with E-state index >= 15 is 0 Å². The second-order valence-corrected chi connectivity index (χ2v) is 6.04. The summed E-state index contributed by atoms with van der Waals surface area (Å²) in [5.74, 6) is -1.71. The fraction of sp³-hybridized carbons (Fsp3) is 0.474. The lowest BCUT2D eigenvalue weighted by Crippen LogP contribution is -2.32. The van der Waals surface area contributed by atoms with Crippen molar-refractivity contribution in [2.45, 2.75) is 45.3 Å². The maximum absolute atomic E-state index is 13.6. The largest absolute Gasteiger partial charge is 0.463 e. The van der Waals surface area contributed by atoms with Gasteiger partial charge in [0.05, 0.1) is 24.4 Å². The average molecular weight is 385 g/mol. The summed E-state index contributed by atoms with van der Waals surface area (Å²) in [4.78, 5) is 24.4. The molecule has 0 unspecified atom stereocenters. The average Bonchev–Trinajstić information content (AvgIpc) is 3.42. The number of esters is 2. The second kappa shape index (κ2) is 8.92. The zero-order chi connectivity index (χ0) is 20.0. The summed E-state index contributed by atoms with van der Waals surface area (Å²) in [6.07, 6.45) is -3.93. The minimum atomic E-state index is -4.75. The zero-order valence-corrected chi connectivity index (χ0v) is 15.2. The molecule has 0 atom stereocenters. The van der Waals surface area contributed by atoms with Crippen molar-refractivity contribution in [3.63, 3.8) is 0 Å². The molecule has 0 bridgehead atoms. The van der Waals surface area contributed by atoms with Crippen molar-refractivity contribution in [2.75, 3.05) is 13.2 Å². The third-order valence-corrected chi connectivity index (χ3v) is 3.91. The number of alkyl halides is 3. The Bertz CT molecular complexity index is 724. The number of rotatable bonds is 8. The molecule has 1 aromatic carbocycles. The van der Waals surface area contributed by atoms with E-state index in [-0.39, 0.29) is 30.4 Å². The van der Waals surface area contributed by atoms with Crippen LogP contribution in [0.15, 0.2) is 35.5 Å². The first-order chi connectivity index (χ1) is 12.8. The van der Waals surface area contributed by atoms with Gasteiger partial charge in [-0.15, -0.1) is 0 Å². The molecule has 8 heteroatoms. The molecule has 2 rings (SSSR count). The summed E-state index contributed by atoms with van der Waals surface area (Å²) in [6.45, 7) is 3.22. The summed E-state index contributed by atoms with van der Waals surface area (Å²) in [5, 5.41) is 2.40. The number of allylic oxidation sites excluding steroid dienone is 1. The standard InChI is InChI=1S/C19H22F3NO4/c1-3-26-17(24)14-8-6-5-7-12(14)11-15(18(25)27-4-2)16(19(20,21)22)23-13-9-10-13/h5-8,13,23H,3-4,9-11H2,1-2H3. The van der Waals surface area contributed by atoms with E-state index in [0.717, 1.165) is 0 Å². The maximum Gasteiger partial charge on any atom is 0.431 e. The van der Waals surface area contributed by atoms with E-state index in [1.54, 1.807) is 19.1 Å². The molecule has 0 radical (unpaired) electrons. The molecule has 0 heterocycles. The molecule has 0 saturated heterocycles. The van der Waals surface area contributed by atoms with Crippen LogP contribution in [0.5, 0.6) is 0 Å². The van der Waals surface area contributed by atoms with Gasteiger partial charge in [-0.25, -0.2) is 9.59 Å². The number of carbonyl (C=O) groups excluding carboxylic acids is 2. The number of hydrogen-bond acceptors (Lipinski definition) is 5. The first-order valence-electron chi connectivity index (χ1n) is 8.76. The molecule has 5 nitrogen and oxygen atoms in total. The van der Waals surface area contributed by atoms with Crippen molar-refractivity contribution in [1.29, 1.82) is 0 Å². The molecule has 1 N–H and O–H groups in total. The van der Waals surface area contributed by atoms with Crippen LogP contribution >= 0.6 is 0 Å². The lowest BCUT2D eigenvalue weighted by molar-refractivity contribution is -0.140. The van der Waals surface area contributed by atoms with Gasteiger partial charge in [0, 0.05) is 12.5 Å². The quantitative estimate of drug-likeness (QED) is 0.548. The third kappa shape index (κ3) is 5.74. The minimum Gasteiger partial charge on any atom is -0.463 e. The van der Waals surface area contributed by atoms with Crippen LogP contribution in [0.25, 0.3) is 0 Å². The summed E-state index contributed by atoms with van der Waals surface area (Å²) in [5.41, 5.74) is -1.28. The molecule has 1 fully saturated rings. The smallest absolute Gasteiger partial charge is 0.431 e. The second-order valence-electron chi connectivity index (χ2n) is 6.04. The van der Waals surface area contributed by atoms with E-state index in [9.17, 15) is 22.8 Å². The van der Waals surface area contributed by atoms with Gasteiger partial charge in [-0.2, -0.15) is 13.2 Å². The van der Waals surface area contributed by atoms with E-state index in [2.05, 4.69) is 5.32 Å². The Balaban J connectivity index is 2.48. The maximum atomic E-state index is 13.6. The fourth-order valence-corrected chi connectivity index (χ4v) is 2.53. The first kappa shape index (κ1) is 20.8. The predicted molar refractivity (Wildman–Crippen MR) is 92.0 cm³/mol. The predicted octanol–water partition coefficient (Wildman–Crippen LogP) is 3.54. The Hall–Kier alpha value is -2.51. The fourth-order valence-electron chi connectivity index (χ4n) is 2.53. The highest BCUT2D eigenvalue weighted by atomic mass is 19.4. The van der Waals surface area contributed by atoms with E-state index < -0.39 is 35.8 Å². The Kier molecular flexibility index (Phi) is 6.87. The highest BCUT2D eigenvalue weighted by Crippen LogP contribution is 2.32. The van der Waals surface area contributed by atoms with Gasteiger partial charge >= 0.3 is 18.1 Å². The molecule has 0 aromatic heterocycles. The van der Waals surface area contributed by atoms with Gasteiger partial charge in [0.2, 0.25) is 0 Å². The van der Waals surface area contributed by atoms with Crippen molar-refractivity contribution < 1.29 is 32.2 Å². The van der Waals surface area contributed by atoms with Gasteiger partial charge in [-0.1, -0.05) is 18.2 Å². The van der Waals surface area contributed by atoms with Crippen LogP contribution in [0.3, 0.4) is 0 Å². The molecule has 148 valence electrons. The molecule has 27 heavy (non-hydrogen) atoms. The topological polar surface area (TPSA) is 64.6 Å². The molecule has 0 aliphatic heterocycles. The van der Waals surface area contributed by atoms with Crippen LogP contribution < -0.4 is 5.32 Å². The molecule has 1 saturated carbocycles. The molecule has 1 aromatic rings. The zero-order valence-electron chi connectivity index (χ0n) is 15.2. The number of hydrogen-bond donors (Lipinski definition) is 1. The van der Waals surface area contributed by atoms with E-state index in [0.29, 0.717) is 12.8 Å². The molecular weight excluding hydrogens is 363 g/mol. The van der Waals surface area contributed by atoms with Crippen molar-refractivity contribution >= 4 is 11.9 Å². The first-order valence-corrected chi connectivity index (χ1v) is 8.76. The van der Waals surface area contributed by atoms with Gasteiger partial charge in [0.1, 0.15) is 5.70 Å². The van der Waals surface area contributed by atoms with Gasteiger partial charge in [0.25, 0.3) is 0 Å². The molecule has 1 aliphatic carbocycles. The van der Waals surface area contributed by atoms with Crippen LogP contribution in [0.1, 0.15) is 42.6 Å². The SMILES string of the molecule is CCOC(=O)C(Cc1ccccc1C(=O)OCC)=C(NC1CC1)C(F)(F)F. The van der Waals surface area contributed by atoms with Gasteiger partial charge in [0.15, 0.2) is 0 Å². The van der Waals surface area contributed by atoms with Gasteiger partial charge in [-0.05, 0) is 38.3 Å². The highest BCUT2D eigenvalue weighted by molar-refractivity contribution is 5.93. The highest BCUT2D eigenvalue weighted by Gasteiger charge is 2.41. The Morgan fingerprint density at radius 2 is 1.74 bits per heavy atom. The van der Waals surface area contributed by atoms with Crippen molar-refractivity contribution in [1.82, 2.24) is 5.32 Å². The van der Waals surface area contributed by atoms with E-state index in [4.69, 9.17) is 9.47 Å². The Morgan fingerprint density at radius 1 is 1.11 bits per heavy atom. The van der Waals surface area contributed by atoms with E-state index in [1.165, 1.54) is 19.1 Å². The van der Waals surface area contributed by atoms with Crippen LogP contribution in [-0.4, -0.2) is 37.4 Å². The molecule has 1 aliphatic rings. The van der Waals surface area contributed by atoms with Crippen LogP contribution in [-0.2, 0) is 20.7 Å². The summed E-state index contributed by atoms with van der Waals surface area (Å²) in [6, 6.07) is 5.80. The molecular formula is C19H22F3NO4. The minimum absolute atomic E-state index is 0.0591. The Labute approximate surface area is 155 Å². The number of benzene rings is 1. The number of nitrogens with one attached hydrogen (secondary N) is 1. The van der Waals surface area contributed by atoms with Crippen LogP contribution in [0.4, 0.5) is 13.2 Å². The van der Waals surface area contributed by atoms with Crippen molar-refractivity contribution in [3.8, 4) is 0 Å². The van der Waals surface area contributed by atoms with Crippen molar-refractivity contribution in [2.24, 2.45) is 0 Å². The van der Waals surface area contributed by atoms with Gasteiger partial charge < -0.3 is 14.8 Å². The number of carbonyl (C=O) groups is 2. The van der Waals surface area contributed by atoms with E-state index in [1.807, 2.05) is 0 Å². The lowest BCUT2D eigenvalue weighted by atomic mass is 9.98. The normalized spacial score (nSPS) is 15.0. The molecule has 0 spiro atoms. The summed E-state index contributed by atoms with van der Waals surface area (Å²) < 4.78 is 50.7. The third-order valence-electron chi connectivity index (χ3n) is 3.91. The Morgan fingerprint density at radius 3 is 2.30 bits per heavy atom. The number of ether oxygens (including phenoxy) is 2. The summed E-state index contributed by atoms with van der Waals surface area (Å²) in [7, 11) is 0. The summed E-state index contributed by atoms with van der Waals surface area (Å²) >= 11 is 0. The monoisotopic (exact) mass is 385 g/mol. The van der Waals surface area contributed by atoms with Gasteiger partial charge in [-0.3, -0.25) is 0 Å². The lowest BCUT2D eigenvalue weighted by Gasteiger charge is -2.19. The number of halogens is 3. The van der Waals surface area contributed by atoms with Crippen molar-refractivity contribution in [3.05, 3.63) is 46.7 Å². The molecule has 0 amide bonds.